The van der Waals surface area contributed by atoms with Gasteiger partial charge in [-0.3, -0.25) is 9.32 Å². The highest BCUT2D eigenvalue weighted by molar-refractivity contribution is 7.17. The zero-order valence-corrected chi connectivity index (χ0v) is 19.9. The molecule has 0 spiro atoms. The molecule has 0 aromatic carbocycles. The summed E-state index contributed by atoms with van der Waals surface area (Å²) in [5.74, 6) is -1.03. The van der Waals surface area contributed by atoms with Crippen LogP contribution in [-0.2, 0) is 23.4 Å². The summed E-state index contributed by atoms with van der Waals surface area (Å²) in [7, 11) is 0.800. The SMILES string of the molecule is CCCCCCC(C(=O)OC)C(OP=O)C(CCCCC)NC(=O)OC(C)(C)C. The molecule has 0 aliphatic heterocycles. The van der Waals surface area contributed by atoms with E-state index in [-0.39, 0.29) is 0 Å². The van der Waals surface area contributed by atoms with Crippen LogP contribution in [0.3, 0.4) is 0 Å². The number of carbonyl (C=O) groups excluding carboxylic acids is 2. The van der Waals surface area contributed by atoms with Crippen LogP contribution < -0.4 is 5.32 Å². The fourth-order valence-corrected chi connectivity index (χ4v) is 3.62. The van der Waals surface area contributed by atoms with Crippen LogP contribution in [0.25, 0.3) is 0 Å². The number of alkyl carbamates (subject to hydrolysis) is 1. The number of rotatable bonds is 15. The fraction of sp³-hybridized carbons (Fsp3) is 0.905. The Hall–Kier alpha value is -1.20. The van der Waals surface area contributed by atoms with Crippen LogP contribution in [0, 0.1) is 5.92 Å². The summed E-state index contributed by atoms with van der Waals surface area (Å²) in [4.78, 5) is 24.9. The Kier molecular flexibility index (Phi) is 15.0. The Bertz CT molecular complexity index is 480. The van der Waals surface area contributed by atoms with Gasteiger partial charge in [0.05, 0.1) is 19.1 Å². The molecule has 0 aromatic heterocycles. The third kappa shape index (κ3) is 12.9. The summed E-state index contributed by atoms with van der Waals surface area (Å²) < 4.78 is 27.2. The highest BCUT2D eigenvalue weighted by atomic mass is 31.1. The van der Waals surface area contributed by atoms with E-state index in [1.165, 1.54) is 7.11 Å². The van der Waals surface area contributed by atoms with Crippen molar-refractivity contribution >= 4 is 20.7 Å². The van der Waals surface area contributed by atoms with Gasteiger partial charge in [0.25, 0.3) is 0 Å². The number of amides is 1. The van der Waals surface area contributed by atoms with Crippen LogP contribution in [0.1, 0.15) is 92.4 Å². The van der Waals surface area contributed by atoms with Crippen molar-refractivity contribution in [2.75, 3.05) is 7.11 Å². The number of unbranched alkanes of at least 4 members (excludes halogenated alkanes) is 5. The quantitative estimate of drug-likeness (QED) is 0.199. The minimum atomic E-state index is -0.757. The van der Waals surface area contributed by atoms with Gasteiger partial charge in [-0.05, 0) is 33.6 Å². The van der Waals surface area contributed by atoms with Gasteiger partial charge in [0, 0.05) is 0 Å². The molecule has 170 valence electrons. The molecule has 29 heavy (non-hydrogen) atoms. The highest BCUT2D eigenvalue weighted by Gasteiger charge is 2.37. The molecule has 3 atom stereocenters. The Balaban J connectivity index is 5.50. The minimum Gasteiger partial charge on any atom is -0.469 e. The molecule has 0 bridgehead atoms. The maximum absolute atomic E-state index is 12.5. The van der Waals surface area contributed by atoms with E-state index in [2.05, 4.69) is 19.2 Å². The molecule has 3 unspecified atom stereocenters. The number of hydrogen-bond acceptors (Lipinski definition) is 6. The average Bonchev–Trinajstić information content (AvgIpc) is 2.64. The van der Waals surface area contributed by atoms with Crippen LogP contribution >= 0.6 is 8.69 Å². The van der Waals surface area contributed by atoms with Crippen molar-refractivity contribution in [3.8, 4) is 0 Å². The predicted octanol–water partition coefficient (Wildman–Crippen LogP) is 5.81. The van der Waals surface area contributed by atoms with Crippen LogP contribution in [0.15, 0.2) is 0 Å². The van der Waals surface area contributed by atoms with Crippen molar-refractivity contribution < 1.29 is 28.2 Å². The van der Waals surface area contributed by atoms with Gasteiger partial charge in [-0.15, -0.1) is 0 Å². The van der Waals surface area contributed by atoms with Gasteiger partial charge in [0.1, 0.15) is 11.7 Å². The molecule has 1 amide bonds. The molecule has 7 nitrogen and oxygen atoms in total. The maximum Gasteiger partial charge on any atom is 0.407 e. The van der Waals surface area contributed by atoms with E-state index < -0.39 is 44.4 Å². The number of methoxy groups -OCH3 is 1. The third-order valence-electron chi connectivity index (χ3n) is 4.65. The molecule has 0 saturated heterocycles. The van der Waals surface area contributed by atoms with Gasteiger partial charge in [-0.2, -0.15) is 0 Å². The van der Waals surface area contributed by atoms with Crippen molar-refractivity contribution in [1.82, 2.24) is 5.32 Å². The molecule has 8 heteroatoms. The Morgan fingerprint density at radius 2 is 1.55 bits per heavy atom. The van der Waals surface area contributed by atoms with Gasteiger partial charge in [-0.1, -0.05) is 58.8 Å². The summed E-state index contributed by atoms with van der Waals surface area (Å²) in [6, 6.07) is -0.506. The van der Waals surface area contributed by atoms with E-state index in [0.717, 1.165) is 44.9 Å². The monoisotopic (exact) mass is 433 g/mol. The first kappa shape index (κ1) is 27.8. The van der Waals surface area contributed by atoms with Crippen molar-refractivity contribution in [2.24, 2.45) is 5.92 Å². The summed E-state index contributed by atoms with van der Waals surface area (Å²) in [5.41, 5.74) is -0.646. The standard InChI is InChI=1S/C21H40NO6P/c1-7-9-11-13-14-16(19(23)26-6)18(28-29-25)17(15-12-10-8-2)22-20(24)27-21(3,4)5/h16-18H,7-15H2,1-6H3,(H,22,24). The lowest BCUT2D eigenvalue weighted by Crippen LogP contribution is -2.50. The molecule has 0 aromatic rings. The lowest BCUT2D eigenvalue weighted by atomic mass is 9.88. The largest absolute Gasteiger partial charge is 0.469 e. The summed E-state index contributed by atoms with van der Waals surface area (Å²) in [6.07, 6.45) is 6.63. The smallest absolute Gasteiger partial charge is 0.407 e. The first-order chi connectivity index (χ1) is 13.7. The molecule has 0 rings (SSSR count). The van der Waals surface area contributed by atoms with Crippen LogP contribution in [-0.4, -0.2) is 36.9 Å². The number of carbonyl (C=O) groups is 2. The number of esters is 1. The van der Waals surface area contributed by atoms with E-state index in [9.17, 15) is 14.2 Å². The zero-order chi connectivity index (χ0) is 22.3. The van der Waals surface area contributed by atoms with E-state index in [0.29, 0.717) is 12.8 Å². The van der Waals surface area contributed by atoms with Gasteiger partial charge < -0.3 is 14.8 Å². The van der Waals surface area contributed by atoms with E-state index in [1.807, 2.05) is 0 Å². The van der Waals surface area contributed by atoms with Gasteiger partial charge in [0.15, 0.2) is 0 Å². The van der Waals surface area contributed by atoms with Crippen molar-refractivity contribution in [2.45, 2.75) is 110 Å². The Labute approximate surface area is 177 Å². The van der Waals surface area contributed by atoms with E-state index in [4.69, 9.17) is 14.0 Å². The second-order valence-electron chi connectivity index (χ2n) is 8.37. The molecule has 0 aliphatic carbocycles. The summed E-state index contributed by atoms with van der Waals surface area (Å²) in [5, 5.41) is 2.84. The summed E-state index contributed by atoms with van der Waals surface area (Å²) >= 11 is 0. The topological polar surface area (TPSA) is 90.9 Å². The van der Waals surface area contributed by atoms with Crippen LogP contribution in [0.2, 0.25) is 0 Å². The molecule has 0 fully saturated rings. The Morgan fingerprint density at radius 1 is 0.966 bits per heavy atom. The first-order valence-corrected chi connectivity index (χ1v) is 11.5. The van der Waals surface area contributed by atoms with Crippen molar-refractivity contribution in [3.63, 3.8) is 0 Å². The van der Waals surface area contributed by atoms with Crippen molar-refractivity contribution in [1.29, 1.82) is 0 Å². The molecule has 1 N–H and O–H groups in total. The van der Waals surface area contributed by atoms with Gasteiger partial charge >= 0.3 is 20.7 Å². The lowest BCUT2D eigenvalue weighted by molar-refractivity contribution is -0.149. The zero-order valence-electron chi connectivity index (χ0n) is 19.0. The van der Waals surface area contributed by atoms with Crippen LogP contribution in [0.5, 0.6) is 0 Å². The summed E-state index contributed by atoms with van der Waals surface area (Å²) in [6.45, 7) is 9.57. The molecule has 0 saturated carbocycles. The molecular formula is C21H40NO6P. The van der Waals surface area contributed by atoms with Crippen molar-refractivity contribution in [3.05, 3.63) is 0 Å². The van der Waals surface area contributed by atoms with E-state index in [1.54, 1.807) is 20.8 Å². The Morgan fingerprint density at radius 3 is 2.07 bits per heavy atom. The second kappa shape index (κ2) is 15.6. The van der Waals surface area contributed by atoms with Gasteiger partial charge in [0.2, 0.25) is 0 Å². The number of hydrogen-bond donors (Lipinski definition) is 1. The first-order valence-electron chi connectivity index (χ1n) is 10.8. The third-order valence-corrected chi connectivity index (χ3v) is 4.98. The highest BCUT2D eigenvalue weighted by Crippen LogP contribution is 2.27. The predicted molar refractivity (Wildman–Crippen MR) is 114 cm³/mol. The molecular weight excluding hydrogens is 393 g/mol. The normalized spacial score (nSPS) is 14.8. The molecule has 0 radical (unpaired) electrons. The van der Waals surface area contributed by atoms with E-state index >= 15 is 0 Å². The minimum absolute atomic E-state index is 0.415. The fourth-order valence-electron chi connectivity index (χ4n) is 3.23. The average molecular weight is 434 g/mol. The second-order valence-corrected chi connectivity index (χ2v) is 8.73. The molecule has 0 heterocycles. The van der Waals surface area contributed by atoms with Crippen LogP contribution in [0.4, 0.5) is 4.79 Å². The van der Waals surface area contributed by atoms with Gasteiger partial charge in [-0.25, -0.2) is 9.36 Å². The molecule has 0 aliphatic rings. The lowest BCUT2D eigenvalue weighted by Gasteiger charge is -2.31. The maximum atomic E-state index is 12.5. The number of ether oxygens (including phenoxy) is 2. The number of nitrogens with one attached hydrogen (secondary N) is 1.